The van der Waals surface area contributed by atoms with Crippen LogP contribution < -0.4 is 28.1 Å². The molecule has 12 heavy (non-hydrogen) atoms. The van der Waals surface area contributed by atoms with Crippen LogP contribution in [0.4, 0.5) is 0 Å². The molecular weight excluding hydrogens is 363 g/mol. The Labute approximate surface area is 101 Å². The number of nitrogens with one attached hydrogen (secondary N) is 1. The molecule has 1 fully saturated rings. The Morgan fingerprint density at radius 1 is 1.17 bits per heavy atom. The zero-order valence-electron chi connectivity index (χ0n) is 6.78. The molecule has 2 nitrogen and oxygen atoms in total. The van der Waals surface area contributed by atoms with Crippen LogP contribution in [-0.2, 0) is 29.5 Å². The van der Waals surface area contributed by atoms with Crippen molar-refractivity contribution in [3.05, 3.63) is 0 Å². The van der Waals surface area contributed by atoms with Crippen molar-refractivity contribution >= 4 is 5.91 Å². The third-order valence-electron chi connectivity index (χ3n) is 2.10. The van der Waals surface area contributed by atoms with Crippen LogP contribution in [0.5, 0.6) is 0 Å². The van der Waals surface area contributed by atoms with Gasteiger partial charge in [-0.25, -0.2) is 0 Å². The van der Waals surface area contributed by atoms with Crippen LogP contribution >= 0.6 is 0 Å². The number of hydrogen-bond donors (Lipinski definition) is 1. The van der Waals surface area contributed by atoms with Gasteiger partial charge in [-0.05, 0) is 0 Å². The molecule has 1 amide bonds. The van der Waals surface area contributed by atoms with E-state index in [-0.39, 0.29) is 24.8 Å². The van der Waals surface area contributed by atoms with E-state index < -0.39 is 0 Å². The summed E-state index contributed by atoms with van der Waals surface area (Å²) >= 11 is 0.807. The second-order valence-electron chi connectivity index (χ2n) is 2.82. The summed E-state index contributed by atoms with van der Waals surface area (Å²) in [5, 5.41) is 0. The minimum Gasteiger partial charge on any atom is -1.00 e. The Morgan fingerprint density at radius 2 is 1.67 bits per heavy atom. The second kappa shape index (κ2) is 8.52. The Morgan fingerprint density at radius 3 is 2.08 bits per heavy atom. The summed E-state index contributed by atoms with van der Waals surface area (Å²) in [6.07, 6.45) is 6.06. The van der Waals surface area contributed by atoms with Gasteiger partial charge in [-0.2, -0.15) is 0 Å². The largest absolute Gasteiger partial charge is 1.00 e. The molecule has 0 atom stereocenters. The van der Waals surface area contributed by atoms with E-state index in [0.717, 1.165) is 37.5 Å². The Balaban J connectivity index is 0. The maximum absolute atomic E-state index is 11.1. The third kappa shape index (κ3) is 4.83. The summed E-state index contributed by atoms with van der Waals surface area (Å²) in [5.74, 6) is 0.651. The molecular formula is C7H12Cl2HfNO. The molecule has 1 saturated carbocycles. The number of carbonyl (C=O) groups excluding carboxylic acids is 1. The van der Waals surface area contributed by atoms with Crippen LogP contribution in [0.25, 0.3) is 0 Å². The van der Waals surface area contributed by atoms with Crippen molar-refractivity contribution < 1.29 is 54.3 Å². The van der Waals surface area contributed by atoms with E-state index in [1.807, 2.05) is 0 Å². The summed E-state index contributed by atoms with van der Waals surface area (Å²) < 4.78 is 2.83. The van der Waals surface area contributed by atoms with Crippen molar-refractivity contribution in [3.63, 3.8) is 0 Å². The molecule has 0 unspecified atom stereocenters. The molecule has 0 aromatic rings. The Bertz CT molecular complexity index is 129. The first kappa shape index (κ1) is 15.4. The minimum absolute atomic E-state index is 0. The fourth-order valence-electron chi connectivity index (χ4n) is 1.47. The molecule has 1 N–H and O–H groups in total. The maximum atomic E-state index is 11.1. The first-order valence-electron chi connectivity index (χ1n) is 3.81. The average molecular weight is 376 g/mol. The van der Waals surface area contributed by atoms with Gasteiger partial charge in [-0.3, -0.25) is 0 Å². The molecule has 0 saturated heterocycles. The van der Waals surface area contributed by atoms with E-state index in [1.54, 1.807) is 0 Å². The van der Waals surface area contributed by atoms with Crippen LogP contribution in [-0.4, -0.2) is 5.91 Å². The van der Waals surface area contributed by atoms with Gasteiger partial charge in [0.15, 0.2) is 0 Å². The van der Waals surface area contributed by atoms with E-state index >= 15 is 0 Å². The standard InChI is InChI=1S/C7H13NO.2ClH.Hf/c8-7(9)6-4-2-1-3-5-6;;;/h6H,1-5H2,(H2,8,9);2*1H;/q;;;+3/p-3. The second-order valence-corrected chi connectivity index (χ2v) is 3.72. The van der Waals surface area contributed by atoms with E-state index in [9.17, 15) is 4.79 Å². The summed E-state index contributed by atoms with van der Waals surface area (Å²) in [6, 6.07) is 0. The molecule has 1 aliphatic carbocycles. The first-order chi connectivity index (χ1) is 4.84. The van der Waals surface area contributed by atoms with Gasteiger partial charge in [0, 0.05) is 0 Å². The zero-order chi connectivity index (χ0) is 7.40. The van der Waals surface area contributed by atoms with Crippen LogP contribution in [0.3, 0.4) is 0 Å². The van der Waals surface area contributed by atoms with Gasteiger partial charge in [0.2, 0.25) is 0 Å². The normalized spacial score (nSPS) is 17.2. The molecule has 0 heterocycles. The van der Waals surface area contributed by atoms with Crippen molar-refractivity contribution in [1.29, 1.82) is 0 Å². The molecule has 5 heteroatoms. The van der Waals surface area contributed by atoms with Crippen molar-refractivity contribution in [3.8, 4) is 0 Å². The molecule has 0 aromatic heterocycles. The molecule has 0 radical (unpaired) electrons. The Kier molecular flexibility index (Phi) is 10.9. The van der Waals surface area contributed by atoms with Crippen LogP contribution in [0.15, 0.2) is 0 Å². The topological polar surface area (TPSA) is 29.1 Å². The van der Waals surface area contributed by atoms with Crippen LogP contribution in [0.1, 0.15) is 32.1 Å². The molecule has 0 aromatic carbocycles. The van der Waals surface area contributed by atoms with E-state index in [0.29, 0.717) is 11.8 Å². The van der Waals surface area contributed by atoms with Gasteiger partial charge >= 0.3 is 76.7 Å². The number of halogens is 2. The molecule has 1 aliphatic rings. The van der Waals surface area contributed by atoms with Crippen molar-refractivity contribution in [1.82, 2.24) is 3.30 Å². The van der Waals surface area contributed by atoms with Gasteiger partial charge in [0.25, 0.3) is 0 Å². The van der Waals surface area contributed by atoms with Gasteiger partial charge in [0.1, 0.15) is 0 Å². The van der Waals surface area contributed by atoms with E-state index in [4.69, 9.17) is 0 Å². The van der Waals surface area contributed by atoms with E-state index in [2.05, 4.69) is 3.30 Å². The van der Waals surface area contributed by atoms with Crippen molar-refractivity contribution in [2.24, 2.45) is 5.92 Å². The summed E-state index contributed by atoms with van der Waals surface area (Å²) in [6.45, 7) is 0. The fraction of sp³-hybridized carbons (Fsp3) is 0.857. The predicted octanol–water partition coefficient (Wildman–Crippen LogP) is -4.85. The van der Waals surface area contributed by atoms with Crippen LogP contribution in [0, 0.1) is 5.92 Å². The van der Waals surface area contributed by atoms with Gasteiger partial charge in [-0.1, -0.05) is 0 Å². The van der Waals surface area contributed by atoms with Gasteiger partial charge < -0.3 is 24.8 Å². The third-order valence-corrected chi connectivity index (χ3v) is 2.98. The molecule has 1 rings (SSSR count). The first-order valence-corrected chi connectivity index (χ1v) is 5.61. The molecule has 0 aliphatic heterocycles. The van der Waals surface area contributed by atoms with Gasteiger partial charge in [0.05, 0.1) is 0 Å². The molecule has 0 spiro atoms. The fourth-order valence-corrected chi connectivity index (χ4v) is 2.20. The SMILES string of the molecule is O=C([NH][Hf+2])C1CCCCC1.[Cl-].[Cl-]. The number of rotatable bonds is 1. The molecule has 0 bridgehead atoms. The number of hydrogen-bond acceptors (Lipinski definition) is 1. The average Bonchev–Trinajstić information content (AvgIpc) is 2.05. The maximum Gasteiger partial charge on any atom is -1.00 e. The summed E-state index contributed by atoms with van der Waals surface area (Å²) in [5.41, 5.74) is 0. The zero-order valence-corrected chi connectivity index (χ0v) is 11.9. The van der Waals surface area contributed by atoms with Crippen molar-refractivity contribution in [2.45, 2.75) is 32.1 Å². The summed E-state index contributed by atoms with van der Waals surface area (Å²) in [7, 11) is 0. The van der Waals surface area contributed by atoms with Crippen LogP contribution in [0.2, 0.25) is 0 Å². The van der Waals surface area contributed by atoms with Crippen molar-refractivity contribution in [2.75, 3.05) is 0 Å². The number of carbonyl (C=O) groups is 1. The summed E-state index contributed by atoms with van der Waals surface area (Å²) in [4.78, 5) is 11.1. The van der Waals surface area contributed by atoms with Gasteiger partial charge in [-0.15, -0.1) is 0 Å². The quantitative estimate of drug-likeness (QED) is 0.458. The predicted molar refractivity (Wildman–Crippen MR) is 34.7 cm³/mol. The smallest absolute Gasteiger partial charge is 1.00 e. The Hall–Kier alpha value is 0.920. The minimum atomic E-state index is 0. The molecule has 69 valence electrons. The monoisotopic (exact) mass is 376 g/mol. The number of amides is 1. The van der Waals surface area contributed by atoms with E-state index in [1.165, 1.54) is 19.3 Å².